The van der Waals surface area contributed by atoms with Gasteiger partial charge in [-0.25, -0.2) is 9.49 Å². The summed E-state index contributed by atoms with van der Waals surface area (Å²) in [7, 11) is 0. The number of nitrogens with zero attached hydrogens (tertiary/aromatic N) is 1. The van der Waals surface area contributed by atoms with E-state index in [0.29, 0.717) is 0 Å². The quantitative estimate of drug-likeness (QED) is 0.356. The van der Waals surface area contributed by atoms with Gasteiger partial charge in [0.1, 0.15) is 11.4 Å². The molecule has 1 aliphatic rings. The van der Waals surface area contributed by atoms with Gasteiger partial charge in [0.25, 0.3) is 11.5 Å². The molecule has 4 rings (SSSR count). The van der Waals surface area contributed by atoms with Gasteiger partial charge in [0.2, 0.25) is 5.91 Å². The minimum absolute atomic E-state index is 0.0518. The van der Waals surface area contributed by atoms with Crippen molar-refractivity contribution in [2.75, 3.05) is 18.5 Å². The van der Waals surface area contributed by atoms with E-state index in [1.165, 1.54) is 30.3 Å². The number of carbonyl (C=O) groups excluding carboxylic acids is 2. The second-order valence-corrected chi connectivity index (χ2v) is 8.33. The predicted octanol–water partition coefficient (Wildman–Crippen LogP) is 2.88. The number of alkyl halides is 3. The van der Waals surface area contributed by atoms with Crippen LogP contribution in [0.1, 0.15) is 27.9 Å². The molecule has 4 N–H and O–H groups in total. The molecule has 1 fully saturated rings. The van der Waals surface area contributed by atoms with Gasteiger partial charge in [-0.15, -0.1) is 0 Å². The van der Waals surface area contributed by atoms with Crippen LogP contribution in [0.15, 0.2) is 59.5 Å². The Bertz CT molecular complexity index is 1370. The smallest absolute Gasteiger partial charge is 0.378 e. The number of hydrogen-bond donors (Lipinski definition) is 4. The minimum Gasteiger partial charge on any atom is -0.378 e. The van der Waals surface area contributed by atoms with Gasteiger partial charge < -0.3 is 20.7 Å². The SMILES string of the molecule is O=C(N[C@@]1(C(=O)NCc2ccc(Nc3ccccc3C(F)(F)F)cc2F)CCOC1)c1cn[nH]c(=O)c1. The lowest BCUT2D eigenvalue weighted by atomic mass is 9.96. The maximum atomic E-state index is 14.7. The maximum Gasteiger partial charge on any atom is 0.418 e. The topological polar surface area (TPSA) is 125 Å². The van der Waals surface area contributed by atoms with Crippen LogP contribution in [-0.4, -0.2) is 40.8 Å². The molecule has 3 aromatic rings. The van der Waals surface area contributed by atoms with Gasteiger partial charge in [0, 0.05) is 36.9 Å². The van der Waals surface area contributed by atoms with Crippen molar-refractivity contribution < 1.29 is 31.9 Å². The first-order valence-electron chi connectivity index (χ1n) is 11.0. The molecule has 2 heterocycles. The Morgan fingerprint density at radius 2 is 1.92 bits per heavy atom. The number of benzene rings is 2. The van der Waals surface area contributed by atoms with E-state index in [9.17, 15) is 31.9 Å². The van der Waals surface area contributed by atoms with Crippen molar-refractivity contribution in [2.24, 2.45) is 0 Å². The third kappa shape index (κ3) is 5.94. The zero-order valence-electron chi connectivity index (χ0n) is 19.1. The molecular formula is C24H21F4N5O4. The van der Waals surface area contributed by atoms with Gasteiger partial charge in [-0.3, -0.25) is 14.4 Å². The van der Waals surface area contributed by atoms with Crippen molar-refractivity contribution in [2.45, 2.75) is 24.7 Å². The lowest BCUT2D eigenvalue weighted by molar-refractivity contribution is -0.137. The van der Waals surface area contributed by atoms with Crippen LogP contribution in [0.4, 0.5) is 28.9 Å². The number of amides is 2. The minimum atomic E-state index is -4.59. The van der Waals surface area contributed by atoms with E-state index in [2.05, 4.69) is 26.1 Å². The largest absolute Gasteiger partial charge is 0.418 e. The first-order valence-corrected chi connectivity index (χ1v) is 11.0. The highest BCUT2D eigenvalue weighted by Gasteiger charge is 2.44. The lowest BCUT2D eigenvalue weighted by Gasteiger charge is -2.27. The molecule has 0 radical (unpaired) electrons. The summed E-state index contributed by atoms with van der Waals surface area (Å²) in [6.45, 7) is -0.200. The Labute approximate surface area is 207 Å². The van der Waals surface area contributed by atoms with Crippen molar-refractivity contribution in [1.29, 1.82) is 0 Å². The van der Waals surface area contributed by atoms with E-state index >= 15 is 0 Å². The Morgan fingerprint density at radius 1 is 1.14 bits per heavy atom. The van der Waals surface area contributed by atoms with Crippen LogP contribution in [0.5, 0.6) is 0 Å². The fourth-order valence-corrected chi connectivity index (χ4v) is 3.80. The standard InChI is InChI=1S/C24H21F4N5O4/c25-18-10-16(31-19-4-2-1-3-17(19)24(26,27)28)6-5-14(18)11-29-22(36)23(7-8-37-13-23)32-21(35)15-9-20(34)33-30-12-15/h1-6,9-10,12,31H,7-8,11,13H2,(H,29,36)(H,32,35)(H,33,34)/t23-/m0/s1. The maximum absolute atomic E-state index is 14.7. The first-order chi connectivity index (χ1) is 17.6. The number of carbonyl (C=O) groups is 2. The van der Waals surface area contributed by atoms with Crippen molar-refractivity contribution in [3.8, 4) is 0 Å². The fourth-order valence-electron chi connectivity index (χ4n) is 3.80. The van der Waals surface area contributed by atoms with Crippen LogP contribution in [0, 0.1) is 5.82 Å². The van der Waals surface area contributed by atoms with Gasteiger partial charge in [-0.05, 0) is 24.3 Å². The van der Waals surface area contributed by atoms with E-state index in [0.717, 1.165) is 24.4 Å². The number of nitrogens with one attached hydrogen (secondary N) is 4. The van der Waals surface area contributed by atoms with E-state index in [1.54, 1.807) is 0 Å². The number of para-hydroxylation sites is 1. The molecule has 1 aliphatic heterocycles. The zero-order valence-corrected chi connectivity index (χ0v) is 19.1. The normalized spacial score (nSPS) is 17.3. The van der Waals surface area contributed by atoms with Crippen molar-refractivity contribution >= 4 is 23.2 Å². The third-order valence-electron chi connectivity index (χ3n) is 5.74. The molecule has 9 nitrogen and oxygen atoms in total. The average molecular weight is 519 g/mol. The predicted molar refractivity (Wildman–Crippen MR) is 123 cm³/mol. The van der Waals surface area contributed by atoms with Gasteiger partial charge in [-0.2, -0.15) is 18.3 Å². The van der Waals surface area contributed by atoms with Gasteiger partial charge in [0.15, 0.2) is 0 Å². The summed E-state index contributed by atoms with van der Waals surface area (Å²) in [5.74, 6) is -2.10. The Kier molecular flexibility index (Phi) is 7.25. The van der Waals surface area contributed by atoms with Crippen LogP contribution < -0.4 is 21.5 Å². The van der Waals surface area contributed by atoms with Crippen molar-refractivity contribution in [3.05, 3.63) is 87.6 Å². The summed E-state index contributed by atoms with van der Waals surface area (Å²) >= 11 is 0. The number of aromatic nitrogens is 2. The summed E-state index contributed by atoms with van der Waals surface area (Å²) in [5.41, 5.74) is -3.06. The van der Waals surface area contributed by atoms with E-state index < -0.39 is 40.5 Å². The number of anilines is 2. The second-order valence-electron chi connectivity index (χ2n) is 8.33. The Morgan fingerprint density at radius 3 is 2.59 bits per heavy atom. The molecule has 194 valence electrons. The fraction of sp³-hybridized carbons (Fsp3) is 0.250. The highest BCUT2D eigenvalue weighted by Crippen LogP contribution is 2.36. The summed E-state index contributed by atoms with van der Waals surface area (Å²) in [5, 5.41) is 13.4. The Hall–Kier alpha value is -4.26. The molecule has 0 unspecified atom stereocenters. The summed E-state index contributed by atoms with van der Waals surface area (Å²) in [4.78, 5) is 37.0. The molecule has 13 heteroatoms. The van der Waals surface area contributed by atoms with Crippen molar-refractivity contribution in [1.82, 2.24) is 20.8 Å². The highest BCUT2D eigenvalue weighted by atomic mass is 19.4. The van der Waals surface area contributed by atoms with Crippen LogP contribution in [-0.2, 0) is 22.3 Å². The lowest BCUT2D eigenvalue weighted by Crippen LogP contribution is -2.59. The molecule has 1 atom stereocenters. The van der Waals surface area contributed by atoms with E-state index in [4.69, 9.17) is 4.74 Å². The molecule has 0 saturated carbocycles. The van der Waals surface area contributed by atoms with Gasteiger partial charge in [0.05, 0.1) is 29.6 Å². The molecule has 2 aromatic carbocycles. The monoisotopic (exact) mass is 519 g/mol. The van der Waals surface area contributed by atoms with Gasteiger partial charge >= 0.3 is 6.18 Å². The van der Waals surface area contributed by atoms with E-state index in [1.807, 2.05) is 0 Å². The summed E-state index contributed by atoms with van der Waals surface area (Å²) in [6.07, 6.45) is -3.31. The molecule has 1 aromatic heterocycles. The Balaban J connectivity index is 1.44. The molecule has 2 amide bonds. The number of halogens is 4. The number of ether oxygens (including phenoxy) is 1. The van der Waals surface area contributed by atoms with Crippen molar-refractivity contribution in [3.63, 3.8) is 0 Å². The van der Waals surface area contributed by atoms with E-state index in [-0.39, 0.29) is 48.7 Å². The van der Waals surface area contributed by atoms with Gasteiger partial charge in [-0.1, -0.05) is 18.2 Å². The first kappa shape index (κ1) is 25.8. The molecule has 37 heavy (non-hydrogen) atoms. The zero-order chi connectivity index (χ0) is 26.6. The summed E-state index contributed by atoms with van der Waals surface area (Å²) in [6, 6.07) is 9.57. The molecule has 0 spiro atoms. The molecule has 0 bridgehead atoms. The number of rotatable bonds is 7. The third-order valence-corrected chi connectivity index (χ3v) is 5.74. The van der Waals surface area contributed by atoms with Crippen LogP contribution in [0.2, 0.25) is 0 Å². The molecular weight excluding hydrogens is 498 g/mol. The van der Waals surface area contributed by atoms with Crippen LogP contribution in [0.25, 0.3) is 0 Å². The number of hydrogen-bond acceptors (Lipinski definition) is 6. The molecule has 1 saturated heterocycles. The number of H-pyrrole nitrogens is 1. The van der Waals surface area contributed by atoms with Crippen LogP contribution >= 0.6 is 0 Å². The highest BCUT2D eigenvalue weighted by molar-refractivity contribution is 5.99. The number of aromatic amines is 1. The summed E-state index contributed by atoms with van der Waals surface area (Å²) < 4.78 is 59.7. The van der Waals surface area contributed by atoms with Crippen LogP contribution in [0.3, 0.4) is 0 Å². The second kappa shape index (κ2) is 10.4. The average Bonchev–Trinajstić information content (AvgIpc) is 3.33. The molecule has 0 aliphatic carbocycles.